The standard InChI is InChI=1S/C18H18ClN5O3/c19-12-3-1-2-11(6-12)17(26)23-4-5-24-15(9-23)16(25)22-14(18(24)27)7-13-8-20-10-21-13/h1-3,6,8,10,14-15H,4-5,7,9H2,(H,20,21)(H,22,25)/t14-,15+/m0/s1. The van der Waals surface area contributed by atoms with Crippen LogP contribution >= 0.6 is 11.6 Å². The summed E-state index contributed by atoms with van der Waals surface area (Å²) in [6.45, 7) is 0.861. The summed E-state index contributed by atoms with van der Waals surface area (Å²) < 4.78 is 0. The van der Waals surface area contributed by atoms with Crippen LogP contribution in [-0.4, -0.2) is 69.2 Å². The third kappa shape index (κ3) is 3.40. The molecule has 3 heterocycles. The average molecular weight is 388 g/mol. The number of halogens is 1. The molecule has 0 radical (unpaired) electrons. The maximum Gasteiger partial charge on any atom is 0.254 e. The van der Waals surface area contributed by atoms with Crippen molar-refractivity contribution in [3.63, 3.8) is 0 Å². The van der Waals surface area contributed by atoms with Crippen LogP contribution in [-0.2, 0) is 16.0 Å². The monoisotopic (exact) mass is 387 g/mol. The molecule has 2 aromatic rings. The summed E-state index contributed by atoms with van der Waals surface area (Å²) >= 11 is 5.96. The number of fused-ring (bicyclic) bond motifs is 1. The number of H-pyrrole nitrogens is 1. The van der Waals surface area contributed by atoms with Gasteiger partial charge in [-0.05, 0) is 18.2 Å². The van der Waals surface area contributed by atoms with Gasteiger partial charge < -0.3 is 20.1 Å². The fourth-order valence-corrected chi connectivity index (χ4v) is 3.73. The number of amides is 3. The van der Waals surface area contributed by atoms with Crippen LogP contribution in [0, 0.1) is 0 Å². The smallest absolute Gasteiger partial charge is 0.254 e. The molecule has 0 bridgehead atoms. The normalized spacial score (nSPS) is 22.4. The Bertz CT molecular complexity index is 885. The van der Waals surface area contributed by atoms with Gasteiger partial charge in [0, 0.05) is 42.0 Å². The first kappa shape index (κ1) is 17.5. The molecule has 0 unspecified atom stereocenters. The predicted octanol–water partition coefficient (Wildman–Crippen LogP) is 0.457. The molecule has 0 spiro atoms. The van der Waals surface area contributed by atoms with Gasteiger partial charge in [0.2, 0.25) is 11.8 Å². The molecule has 0 saturated carbocycles. The molecule has 1 aromatic heterocycles. The maximum atomic E-state index is 12.8. The number of nitrogens with zero attached hydrogens (tertiary/aromatic N) is 3. The second kappa shape index (κ2) is 7.03. The molecule has 3 amide bonds. The predicted molar refractivity (Wildman–Crippen MR) is 97.1 cm³/mol. The van der Waals surface area contributed by atoms with E-state index in [-0.39, 0.29) is 24.3 Å². The van der Waals surface area contributed by atoms with E-state index in [0.29, 0.717) is 30.1 Å². The van der Waals surface area contributed by atoms with Crippen molar-refractivity contribution in [2.75, 3.05) is 19.6 Å². The molecule has 0 aliphatic carbocycles. The number of nitrogens with one attached hydrogen (secondary N) is 2. The molecular weight excluding hydrogens is 370 g/mol. The Kier molecular flexibility index (Phi) is 4.57. The molecule has 2 N–H and O–H groups in total. The Morgan fingerprint density at radius 1 is 1.30 bits per heavy atom. The Balaban J connectivity index is 1.47. The Labute approximate surface area is 160 Å². The van der Waals surface area contributed by atoms with E-state index in [1.807, 2.05) is 0 Å². The van der Waals surface area contributed by atoms with E-state index in [1.54, 1.807) is 40.3 Å². The van der Waals surface area contributed by atoms with Crippen LogP contribution in [0.25, 0.3) is 0 Å². The van der Waals surface area contributed by atoms with Gasteiger partial charge >= 0.3 is 0 Å². The van der Waals surface area contributed by atoms with Gasteiger partial charge in [-0.25, -0.2) is 4.98 Å². The summed E-state index contributed by atoms with van der Waals surface area (Å²) in [6.07, 6.45) is 3.53. The van der Waals surface area contributed by atoms with Gasteiger partial charge in [-0.2, -0.15) is 0 Å². The number of piperazine rings is 2. The van der Waals surface area contributed by atoms with Gasteiger partial charge in [-0.15, -0.1) is 0 Å². The summed E-state index contributed by atoms with van der Waals surface area (Å²) in [5, 5.41) is 3.25. The molecule has 2 saturated heterocycles. The highest BCUT2D eigenvalue weighted by atomic mass is 35.5. The van der Waals surface area contributed by atoms with Gasteiger partial charge in [-0.3, -0.25) is 14.4 Å². The van der Waals surface area contributed by atoms with Gasteiger partial charge in [0.1, 0.15) is 12.1 Å². The summed E-state index contributed by atoms with van der Waals surface area (Å²) in [5.41, 5.74) is 1.25. The molecule has 27 heavy (non-hydrogen) atoms. The Hall–Kier alpha value is -2.87. The molecular formula is C18H18ClN5O3. The van der Waals surface area contributed by atoms with Crippen molar-refractivity contribution < 1.29 is 14.4 Å². The minimum Gasteiger partial charge on any atom is -0.348 e. The highest BCUT2D eigenvalue weighted by Crippen LogP contribution is 2.20. The molecule has 4 rings (SSSR count). The summed E-state index contributed by atoms with van der Waals surface area (Å²) in [6, 6.07) is 5.40. The minimum absolute atomic E-state index is 0.135. The number of carbonyl (C=O) groups is 3. The topological polar surface area (TPSA) is 98.4 Å². The minimum atomic E-state index is -0.674. The van der Waals surface area contributed by atoms with Crippen molar-refractivity contribution in [1.29, 1.82) is 0 Å². The van der Waals surface area contributed by atoms with Crippen LogP contribution in [0.1, 0.15) is 16.1 Å². The van der Waals surface area contributed by atoms with Crippen molar-refractivity contribution in [2.24, 2.45) is 0 Å². The van der Waals surface area contributed by atoms with E-state index in [2.05, 4.69) is 15.3 Å². The fourth-order valence-electron chi connectivity index (χ4n) is 3.54. The zero-order valence-corrected chi connectivity index (χ0v) is 15.1. The van der Waals surface area contributed by atoms with Gasteiger partial charge in [-0.1, -0.05) is 17.7 Å². The summed E-state index contributed by atoms with van der Waals surface area (Å²) in [7, 11) is 0. The Morgan fingerprint density at radius 3 is 2.89 bits per heavy atom. The molecule has 2 atom stereocenters. The van der Waals surface area contributed by atoms with E-state index in [1.165, 1.54) is 6.33 Å². The number of hydrogen-bond acceptors (Lipinski definition) is 4. The summed E-state index contributed by atoms with van der Waals surface area (Å²) in [4.78, 5) is 48.1. The summed E-state index contributed by atoms with van der Waals surface area (Å²) in [5.74, 6) is -0.580. The zero-order valence-electron chi connectivity index (χ0n) is 14.4. The highest BCUT2D eigenvalue weighted by Gasteiger charge is 2.44. The molecule has 140 valence electrons. The third-order valence-electron chi connectivity index (χ3n) is 4.92. The van der Waals surface area contributed by atoms with Crippen molar-refractivity contribution in [1.82, 2.24) is 25.1 Å². The van der Waals surface area contributed by atoms with E-state index < -0.39 is 12.1 Å². The van der Waals surface area contributed by atoms with Gasteiger partial charge in [0.25, 0.3) is 5.91 Å². The number of aromatic amines is 1. The first-order valence-corrected chi connectivity index (χ1v) is 9.03. The number of rotatable bonds is 3. The van der Waals surface area contributed by atoms with Crippen molar-refractivity contribution in [2.45, 2.75) is 18.5 Å². The second-order valence-electron chi connectivity index (χ2n) is 6.65. The first-order chi connectivity index (χ1) is 13.0. The Morgan fingerprint density at radius 2 is 2.15 bits per heavy atom. The van der Waals surface area contributed by atoms with E-state index >= 15 is 0 Å². The second-order valence-corrected chi connectivity index (χ2v) is 7.09. The fraction of sp³-hybridized carbons (Fsp3) is 0.333. The molecule has 1 aromatic carbocycles. The van der Waals surface area contributed by atoms with E-state index in [9.17, 15) is 14.4 Å². The number of hydrogen-bond donors (Lipinski definition) is 2. The first-order valence-electron chi connectivity index (χ1n) is 8.66. The molecule has 2 aliphatic heterocycles. The molecule has 9 heteroatoms. The van der Waals surface area contributed by atoms with Crippen molar-refractivity contribution in [3.8, 4) is 0 Å². The number of carbonyl (C=O) groups excluding carboxylic acids is 3. The lowest BCUT2D eigenvalue weighted by atomic mass is 10.0. The largest absolute Gasteiger partial charge is 0.348 e. The molecule has 2 aliphatic rings. The van der Waals surface area contributed by atoms with Crippen molar-refractivity contribution >= 4 is 29.3 Å². The van der Waals surface area contributed by atoms with Crippen molar-refractivity contribution in [3.05, 3.63) is 53.1 Å². The zero-order chi connectivity index (χ0) is 19.0. The highest BCUT2D eigenvalue weighted by molar-refractivity contribution is 6.30. The maximum absolute atomic E-state index is 12.8. The van der Waals surface area contributed by atoms with Crippen LogP contribution in [0.15, 0.2) is 36.8 Å². The quantitative estimate of drug-likeness (QED) is 0.799. The van der Waals surface area contributed by atoms with Gasteiger partial charge in [0.05, 0.1) is 12.9 Å². The average Bonchev–Trinajstić information content (AvgIpc) is 3.18. The lowest BCUT2D eigenvalue weighted by Gasteiger charge is -2.45. The number of imidazole rings is 1. The third-order valence-corrected chi connectivity index (χ3v) is 5.15. The SMILES string of the molecule is O=C1N[C@@H](Cc2cnc[nH]2)C(=O)N2CCN(C(=O)c3cccc(Cl)c3)C[C@H]12. The lowest BCUT2D eigenvalue weighted by Crippen LogP contribution is -2.70. The van der Waals surface area contributed by atoms with E-state index in [0.717, 1.165) is 5.69 Å². The van der Waals surface area contributed by atoms with E-state index in [4.69, 9.17) is 11.6 Å². The van der Waals surface area contributed by atoms with Crippen LogP contribution in [0.4, 0.5) is 0 Å². The van der Waals surface area contributed by atoms with Crippen LogP contribution in [0.2, 0.25) is 5.02 Å². The van der Waals surface area contributed by atoms with Crippen LogP contribution in [0.3, 0.4) is 0 Å². The molecule has 8 nitrogen and oxygen atoms in total. The van der Waals surface area contributed by atoms with Gasteiger partial charge in [0.15, 0.2) is 0 Å². The number of aromatic nitrogens is 2. The molecule has 2 fully saturated rings. The number of benzene rings is 1. The van der Waals surface area contributed by atoms with Crippen LogP contribution < -0.4 is 5.32 Å². The lowest BCUT2D eigenvalue weighted by molar-refractivity contribution is -0.152. The van der Waals surface area contributed by atoms with Crippen LogP contribution in [0.5, 0.6) is 0 Å².